The van der Waals surface area contributed by atoms with Crippen molar-refractivity contribution in [2.75, 3.05) is 0 Å². The van der Waals surface area contributed by atoms with Crippen molar-refractivity contribution in [3.05, 3.63) is 29.8 Å². The quantitative estimate of drug-likeness (QED) is 0.706. The van der Waals surface area contributed by atoms with Crippen LogP contribution in [0.2, 0.25) is 0 Å². The lowest BCUT2D eigenvalue weighted by Crippen LogP contribution is -1.94. The highest BCUT2D eigenvalue weighted by atomic mass is 16.4. The Hall–Kier alpha value is -1.51. The second-order valence-corrected chi connectivity index (χ2v) is 3.58. The van der Waals surface area contributed by atoms with Crippen LogP contribution >= 0.6 is 0 Å². The van der Waals surface area contributed by atoms with Crippen LogP contribution in [0.15, 0.2) is 24.3 Å². The Balaban J connectivity index is 2.21. The summed E-state index contributed by atoms with van der Waals surface area (Å²) in [6.45, 7) is 0. The number of unbranched alkanes of at least 4 members (excludes halogenated alkanes) is 2. The maximum Gasteiger partial charge on any atom is 0.303 e. The van der Waals surface area contributed by atoms with Crippen LogP contribution < -0.4 is 0 Å². The van der Waals surface area contributed by atoms with Gasteiger partial charge in [-0.1, -0.05) is 24.6 Å². The highest BCUT2D eigenvalue weighted by Gasteiger charge is 2.00. The van der Waals surface area contributed by atoms with Crippen molar-refractivity contribution in [2.24, 2.45) is 0 Å². The average Bonchev–Trinajstić information content (AvgIpc) is 2.20. The van der Waals surface area contributed by atoms with Crippen molar-refractivity contribution < 1.29 is 15.0 Å². The molecule has 82 valence electrons. The molecule has 1 rings (SSSR count). The van der Waals surface area contributed by atoms with Crippen molar-refractivity contribution >= 4 is 5.97 Å². The molecule has 0 heterocycles. The molecule has 0 amide bonds. The maximum absolute atomic E-state index is 10.2. The Morgan fingerprint density at radius 2 is 1.87 bits per heavy atom. The average molecular weight is 208 g/mol. The largest absolute Gasteiger partial charge is 0.508 e. The van der Waals surface area contributed by atoms with Gasteiger partial charge in [-0.05, 0) is 30.9 Å². The van der Waals surface area contributed by atoms with Gasteiger partial charge in [-0.2, -0.15) is 0 Å². The van der Waals surface area contributed by atoms with E-state index in [2.05, 4.69) is 0 Å². The molecule has 0 radical (unpaired) electrons. The summed E-state index contributed by atoms with van der Waals surface area (Å²) in [4.78, 5) is 10.2. The van der Waals surface area contributed by atoms with Gasteiger partial charge in [0.15, 0.2) is 0 Å². The lowest BCUT2D eigenvalue weighted by atomic mass is 10.1. The highest BCUT2D eigenvalue weighted by molar-refractivity contribution is 5.66. The standard InChI is InChI=1S/C12H16O3/c13-11-8-5-4-7-10(11)6-2-1-3-9-12(14)15/h4-5,7-8,13H,1-3,6,9H2,(H,14,15). The first-order valence-electron chi connectivity index (χ1n) is 5.19. The Morgan fingerprint density at radius 3 is 2.53 bits per heavy atom. The molecule has 3 heteroatoms. The highest BCUT2D eigenvalue weighted by Crippen LogP contribution is 2.18. The van der Waals surface area contributed by atoms with Crippen molar-refractivity contribution in [1.82, 2.24) is 0 Å². The molecule has 2 N–H and O–H groups in total. The first-order valence-corrected chi connectivity index (χ1v) is 5.19. The number of rotatable bonds is 6. The molecule has 0 spiro atoms. The predicted molar refractivity (Wildman–Crippen MR) is 57.9 cm³/mol. The maximum atomic E-state index is 10.2. The minimum absolute atomic E-state index is 0.237. The fraction of sp³-hybridized carbons (Fsp3) is 0.417. The molecular formula is C12H16O3. The van der Waals surface area contributed by atoms with Crippen molar-refractivity contribution in [2.45, 2.75) is 32.1 Å². The van der Waals surface area contributed by atoms with Gasteiger partial charge in [0.1, 0.15) is 5.75 Å². The van der Waals surface area contributed by atoms with E-state index in [1.54, 1.807) is 12.1 Å². The van der Waals surface area contributed by atoms with E-state index < -0.39 is 5.97 Å². The first kappa shape index (κ1) is 11.6. The zero-order valence-electron chi connectivity index (χ0n) is 8.65. The van der Waals surface area contributed by atoms with Crippen LogP contribution in [0.25, 0.3) is 0 Å². The summed E-state index contributed by atoms with van der Waals surface area (Å²) < 4.78 is 0. The molecular weight excluding hydrogens is 192 g/mol. The van der Waals surface area contributed by atoms with E-state index in [1.165, 1.54) is 0 Å². The molecule has 0 fully saturated rings. The summed E-state index contributed by atoms with van der Waals surface area (Å²) in [7, 11) is 0. The summed E-state index contributed by atoms with van der Waals surface area (Å²) in [6.07, 6.45) is 3.57. The Bertz CT molecular complexity index is 320. The van der Waals surface area contributed by atoms with Gasteiger partial charge in [-0.3, -0.25) is 4.79 Å². The number of aliphatic carboxylic acids is 1. The lowest BCUT2D eigenvalue weighted by Gasteiger charge is -2.03. The number of carboxylic acids is 1. The summed E-state index contributed by atoms with van der Waals surface area (Å²) in [6, 6.07) is 7.26. The van der Waals surface area contributed by atoms with Gasteiger partial charge in [0, 0.05) is 6.42 Å². The number of phenols is 1. The molecule has 0 aliphatic heterocycles. The van der Waals surface area contributed by atoms with E-state index in [1.807, 2.05) is 12.1 Å². The molecule has 0 unspecified atom stereocenters. The molecule has 0 aliphatic carbocycles. The van der Waals surface area contributed by atoms with Crippen molar-refractivity contribution in [3.8, 4) is 5.75 Å². The second-order valence-electron chi connectivity index (χ2n) is 3.58. The van der Waals surface area contributed by atoms with Crippen molar-refractivity contribution in [3.63, 3.8) is 0 Å². The molecule has 0 saturated carbocycles. The number of carboxylic acid groups (broad SMARTS) is 1. The molecule has 3 nitrogen and oxygen atoms in total. The van der Waals surface area contributed by atoms with Crippen LogP contribution in [-0.2, 0) is 11.2 Å². The third kappa shape index (κ3) is 4.49. The van der Waals surface area contributed by atoms with E-state index in [0.717, 1.165) is 24.8 Å². The minimum atomic E-state index is -0.738. The topological polar surface area (TPSA) is 57.5 Å². The SMILES string of the molecule is O=C(O)CCCCCc1ccccc1O. The van der Waals surface area contributed by atoms with Crippen LogP contribution in [0, 0.1) is 0 Å². The van der Waals surface area contributed by atoms with Crippen LogP contribution in [0.5, 0.6) is 5.75 Å². The molecule has 0 aliphatic rings. The minimum Gasteiger partial charge on any atom is -0.508 e. The van der Waals surface area contributed by atoms with Gasteiger partial charge in [-0.25, -0.2) is 0 Å². The summed E-state index contributed by atoms with van der Waals surface area (Å²) in [5.74, 6) is -0.409. The fourth-order valence-corrected chi connectivity index (χ4v) is 1.49. The second kappa shape index (κ2) is 6.06. The number of aromatic hydroxyl groups is 1. The van der Waals surface area contributed by atoms with E-state index >= 15 is 0 Å². The normalized spacial score (nSPS) is 10.1. The van der Waals surface area contributed by atoms with E-state index in [4.69, 9.17) is 5.11 Å². The Kier molecular flexibility index (Phi) is 4.68. The lowest BCUT2D eigenvalue weighted by molar-refractivity contribution is -0.137. The van der Waals surface area contributed by atoms with E-state index in [0.29, 0.717) is 12.2 Å². The molecule has 0 aromatic heterocycles. The Morgan fingerprint density at radius 1 is 1.13 bits per heavy atom. The van der Waals surface area contributed by atoms with Gasteiger partial charge in [0.25, 0.3) is 0 Å². The van der Waals surface area contributed by atoms with Crippen LogP contribution in [0.3, 0.4) is 0 Å². The van der Waals surface area contributed by atoms with Gasteiger partial charge < -0.3 is 10.2 Å². The number of carbonyl (C=O) groups is 1. The van der Waals surface area contributed by atoms with Gasteiger partial charge in [-0.15, -0.1) is 0 Å². The fourth-order valence-electron chi connectivity index (χ4n) is 1.49. The summed E-state index contributed by atoms with van der Waals surface area (Å²) >= 11 is 0. The zero-order valence-corrected chi connectivity index (χ0v) is 8.65. The Labute approximate surface area is 89.4 Å². The van der Waals surface area contributed by atoms with E-state index in [9.17, 15) is 9.90 Å². The van der Waals surface area contributed by atoms with Crippen molar-refractivity contribution in [1.29, 1.82) is 0 Å². The number of hydrogen-bond donors (Lipinski definition) is 2. The van der Waals surface area contributed by atoms with E-state index in [-0.39, 0.29) is 6.42 Å². The first-order chi connectivity index (χ1) is 7.20. The molecule has 0 atom stereocenters. The van der Waals surface area contributed by atoms with Gasteiger partial charge >= 0.3 is 5.97 Å². The molecule has 15 heavy (non-hydrogen) atoms. The van der Waals surface area contributed by atoms with Crippen LogP contribution in [0.1, 0.15) is 31.2 Å². The molecule has 1 aromatic carbocycles. The predicted octanol–water partition coefficient (Wildman–Crippen LogP) is 2.58. The summed E-state index contributed by atoms with van der Waals surface area (Å²) in [5.41, 5.74) is 0.938. The summed E-state index contributed by atoms with van der Waals surface area (Å²) in [5, 5.41) is 17.9. The van der Waals surface area contributed by atoms with Gasteiger partial charge in [0.2, 0.25) is 0 Å². The number of aryl methyl sites for hydroxylation is 1. The monoisotopic (exact) mass is 208 g/mol. The smallest absolute Gasteiger partial charge is 0.303 e. The molecule has 1 aromatic rings. The number of hydrogen-bond acceptors (Lipinski definition) is 2. The number of phenolic OH excluding ortho intramolecular Hbond substituents is 1. The third-order valence-electron chi connectivity index (χ3n) is 2.33. The van der Waals surface area contributed by atoms with Crippen LogP contribution in [-0.4, -0.2) is 16.2 Å². The molecule has 0 bridgehead atoms. The van der Waals surface area contributed by atoms with Gasteiger partial charge in [0.05, 0.1) is 0 Å². The number of para-hydroxylation sites is 1. The zero-order chi connectivity index (χ0) is 11.1. The third-order valence-corrected chi connectivity index (χ3v) is 2.33. The number of benzene rings is 1. The van der Waals surface area contributed by atoms with Crippen LogP contribution in [0.4, 0.5) is 0 Å². The molecule has 0 saturated heterocycles.